The number of benzene rings is 1. The Bertz CT molecular complexity index is 1110. The molecule has 1 heterocycles. The molecule has 3 rings (SSSR count). The lowest BCUT2D eigenvalue weighted by molar-refractivity contribution is -0.146. The SMILES string of the molecule is CCCCOc1ccc(C(=O)NCC(=O)OCC(=O)Nc2sc3c(c2C(=O)OCC)CCC(C)C3)cc1. The quantitative estimate of drug-likeness (QED) is 0.313. The number of thiophene rings is 1. The standard InChI is InChI=1S/C27H34N2O7S/c1-4-6-13-35-19-10-8-18(9-11-19)25(32)28-15-23(31)36-16-22(30)29-26-24(27(33)34-5-2)20-12-7-17(3)14-21(20)37-26/h8-11,17H,4-7,12-16H2,1-3H3,(H,28,32)(H,29,30). The van der Waals surface area contributed by atoms with Crippen molar-refractivity contribution in [1.82, 2.24) is 5.32 Å². The van der Waals surface area contributed by atoms with Gasteiger partial charge in [-0.15, -0.1) is 11.3 Å². The Morgan fingerprint density at radius 1 is 1.08 bits per heavy atom. The molecule has 9 nitrogen and oxygen atoms in total. The molecule has 0 saturated carbocycles. The highest BCUT2D eigenvalue weighted by Gasteiger charge is 2.29. The second kappa shape index (κ2) is 13.8. The third-order valence-corrected chi connectivity index (χ3v) is 7.05. The molecule has 0 saturated heterocycles. The van der Waals surface area contributed by atoms with E-state index >= 15 is 0 Å². The number of ether oxygens (including phenoxy) is 3. The maximum absolute atomic E-state index is 12.6. The third kappa shape index (κ3) is 8.04. The summed E-state index contributed by atoms with van der Waals surface area (Å²) in [7, 11) is 0. The molecule has 10 heteroatoms. The van der Waals surface area contributed by atoms with Crippen molar-refractivity contribution in [2.75, 3.05) is 31.7 Å². The minimum Gasteiger partial charge on any atom is -0.494 e. The maximum atomic E-state index is 12.6. The summed E-state index contributed by atoms with van der Waals surface area (Å²) in [6.07, 6.45) is 4.53. The molecular weight excluding hydrogens is 496 g/mol. The van der Waals surface area contributed by atoms with E-state index in [0.717, 1.165) is 42.5 Å². The molecule has 1 aromatic heterocycles. The van der Waals surface area contributed by atoms with Gasteiger partial charge < -0.3 is 24.8 Å². The molecule has 2 amide bonds. The summed E-state index contributed by atoms with van der Waals surface area (Å²) >= 11 is 1.36. The molecule has 2 aromatic rings. The van der Waals surface area contributed by atoms with E-state index in [-0.39, 0.29) is 13.2 Å². The van der Waals surface area contributed by atoms with Crippen molar-refractivity contribution in [3.63, 3.8) is 0 Å². The third-order valence-electron chi connectivity index (χ3n) is 5.88. The monoisotopic (exact) mass is 530 g/mol. The lowest BCUT2D eigenvalue weighted by atomic mass is 9.88. The minimum atomic E-state index is -0.757. The average molecular weight is 531 g/mol. The van der Waals surface area contributed by atoms with Crippen molar-refractivity contribution in [2.24, 2.45) is 5.92 Å². The Morgan fingerprint density at radius 2 is 1.84 bits per heavy atom. The second-order valence-electron chi connectivity index (χ2n) is 8.89. The van der Waals surface area contributed by atoms with E-state index < -0.39 is 30.4 Å². The molecule has 1 aliphatic rings. The van der Waals surface area contributed by atoms with E-state index in [1.54, 1.807) is 31.2 Å². The van der Waals surface area contributed by atoms with Gasteiger partial charge in [-0.1, -0.05) is 20.3 Å². The van der Waals surface area contributed by atoms with Crippen molar-refractivity contribution in [2.45, 2.75) is 52.9 Å². The molecule has 0 spiro atoms. The molecule has 200 valence electrons. The van der Waals surface area contributed by atoms with E-state index in [2.05, 4.69) is 24.5 Å². The van der Waals surface area contributed by atoms with Crippen molar-refractivity contribution < 1.29 is 33.4 Å². The molecule has 1 unspecified atom stereocenters. The van der Waals surface area contributed by atoms with Gasteiger partial charge in [0.25, 0.3) is 11.8 Å². The smallest absolute Gasteiger partial charge is 0.341 e. The second-order valence-corrected chi connectivity index (χ2v) is 10.00. The van der Waals surface area contributed by atoms with E-state index in [0.29, 0.717) is 34.4 Å². The number of anilines is 1. The van der Waals surface area contributed by atoms with Gasteiger partial charge in [0.15, 0.2) is 6.61 Å². The van der Waals surface area contributed by atoms with Gasteiger partial charge in [-0.3, -0.25) is 14.4 Å². The van der Waals surface area contributed by atoms with Crippen LogP contribution in [0.5, 0.6) is 5.75 Å². The van der Waals surface area contributed by atoms with Crippen molar-refractivity contribution in [3.8, 4) is 5.75 Å². The molecular formula is C27H34N2O7S. The van der Waals surface area contributed by atoms with Crippen LogP contribution < -0.4 is 15.4 Å². The van der Waals surface area contributed by atoms with Gasteiger partial charge in [0.05, 0.1) is 18.8 Å². The Morgan fingerprint density at radius 3 is 2.54 bits per heavy atom. The van der Waals surface area contributed by atoms with Gasteiger partial charge in [-0.25, -0.2) is 4.79 Å². The first kappa shape index (κ1) is 28.2. The Hall–Kier alpha value is -3.40. The number of hydrogen-bond donors (Lipinski definition) is 2. The molecule has 1 aliphatic carbocycles. The summed E-state index contributed by atoms with van der Waals surface area (Å²) in [5, 5.41) is 5.58. The van der Waals surface area contributed by atoms with Crippen LogP contribution in [-0.2, 0) is 31.9 Å². The molecule has 37 heavy (non-hydrogen) atoms. The highest BCUT2D eigenvalue weighted by atomic mass is 32.1. The summed E-state index contributed by atoms with van der Waals surface area (Å²) in [5.74, 6) is -1.08. The highest BCUT2D eigenvalue weighted by molar-refractivity contribution is 7.17. The topological polar surface area (TPSA) is 120 Å². The van der Waals surface area contributed by atoms with Crippen LogP contribution in [0, 0.1) is 5.92 Å². The molecule has 0 aliphatic heterocycles. The van der Waals surface area contributed by atoms with Crippen LogP contribution in [-0.4, -0.2) is 50.1 Å². The largest absolute Gasteiger partial charge is 0.494 e. The fourth-order valence-corrected chi connectivity index (χ4v) is 5.32. The first-order valence-electron chi connectivity index (χ1n) is 12.6. The number of fused-ring (bicyclic) bond motifs is 1. The first-order valence-corrected chi connectivity index (χ1v) is 13.4. The van der Waals surface area contributed by atoms with Crippen LogP contribution in [0.1, 0.15) is 71.2 Å². The van der Waals surface area contributed by atoms with Crippen LogP contribution in [0.2, 0.25) is 0 Å². The van der Waals surface area contributed by atoms with Crippen LogP contribution in [0.15, 0.2) is 24.3 Å². The Kier molecular flexibility index (Phi) is 10.5. The predicted octanol–water partition coefficient (Wildman–Crippen LogP) is 4.14. The normalized spacial score (nSPS) is 14.3. The van der Waals surface area contributed by atoms with Gasteiger partial charge in [0.2, 0.25) is 0 Å². The van der Waals surface area contributed by atoms with Gasteiger partial charge in [-0.05, 0) is 68.4 Å². The summed E-state index contributed by atoms with van der Waals surface area (Å²) in [6.45, 7) is 5.87. The number of unbranched alkanes of at least 4 members (excludes halogenated alkanes) is 1. The van der Waals surface area contributed by atoms with E-state index in [4.69, 9.17) is 14.2 Å². The number of amides is 2. The van der Waals surface area contributed by atoms with Crippen molar-refractivity contribution in [3.05, 3.63) is 45.8 Å². The molecule has 0 bridgehead atoms. The number of nitrogens with one attached hydrogen (secondary N) is 2. The van der Waals surface area contributed by atoms with E-state index in [9.17, 15) is 19.2 Å². The molecule has 0 fully saturated rings. The maximum Gasteiger partial charge on any atom is 0.341 e. The van der Waals surface area contributed by atoms with Crippen molar-refractivity contribution in [1.29, 1.82) is 0 Å². The number of rotatable bonds is 12. The van der Waals surface area contributed by atoms with E-state index in [1.807, 2.05) is 0 Å². The van der Waals surface area contributed by atoms with Crippen LogP contribution in [0.3, 0.4) is 0 Å². The van der Waals surface area contributed by atoms with Gasteiger partial charge in [-0.2, -0.15) is 0 Å². The van der Waals surface area contributed by atoms with Crippen LogP contribution >= 0.6 is 11.3 Å². The molecule has 2 N–H and O–H groups in total. The average Bonchev–Trinajstić information content (AvgIpc) is 3.23. The van der Waals surface area contributed by atoms with Crippen LogP contribution in [0.25, 0.3) is 0 Å². The molecule has 0 radical (unpaired) electrons. The van der Waals surface area contributed by atoms with Gasteiger partial charge >= 0.3 is 11.9 Å². The zero-order chi connectivity index (χ0) is 26.8. The van der Waals surface area contributed by atoms with Gasteiger partial charge in [0.1, 0.15) is 17.3 Å². The van der Waals surface area contributed by atoms with Crippen LogP contribution in [0.4, 0.5) is 5.00 Å². The summed E-state index contributed by atoms with van der Waals surface area (Å²) < 4.78 is 15.8. The molecule has 1 aromatic carbocycles. The number of carbonyl (C=O) groups excluding carboxylic acids is 4. The minimum absolute atomic E-state index is 0.230. The zero-order valence-corrected chi connectivity index (χ0v) is 22.3. The van der Waals surface area contributed by atoms with Gasteiger partial charge in [0, 0.05) is 10.4 Å². The van der Waals surface area contributed by atoms with E-state index in [1.165, 1.54) is 11.3 Å². The number of carbonyl (C=O) groups is 4. The fourth-order valence-electron chi connectivity index (χ4n) is 3.91. The first-order chi connectivity index (χ1) is 17.8. The lowest BCUT2D eigenvalue weighted by Gasteiger charge is -2.18. The predicted molar refractivity (Wildman–Crippen MR) is 140 cm³/mol. The Labute approximate surface area is 220 Å². The summed E-state index contributed by atoms with van der Waals surface area (Å²) in [5.41, 5.74) is 1.69. The summed E-state index contributed by atoms with van der Waals surface area (Å²) in [4.78, 5) is 50.5. The van der Waals surface area contributed by atoms with Crippen molar-refractivity contribution >= 4 is 40.1 Å². The lowest BCUT2D eigenvalue weighted by Crippen LogP contribution is -2.32. The molecule has 1 atom stereocenters. The number of hydrogen-bond acceptors (Lipinski definition) is 8. The fraction of sp³-hybridized carbons (Fsp3) is 0.481. The highest BCUT2D eigenvalue weighted by Crippen LogP contribution is 2.40. The summed E-state index contributed by atoms with van der Waals surface area (Å²) in [6, 6.07) is 6.61. The Balaban J connectivity index is 1.48. The number of esters is 2. The zero-order valence-electron chi connectivity index (χ0n) is 21.5.